The fourth-order valence-electron chi connectivity index (χ4n) is 4.35. The zero-order valence-corrected chi connectivity index (χ0v) is 20.5. The summed E-state index contributed by atoms with van der Waals surface area (Å²) >= 11 is 0. The minimum Gasteiger partial charge on any atom is -0.481 e. The average molecular weight is 514 g/mol. The quantitative estimate of drug-likeness (QED) is 0.329. The number of ether oxygens (including phenoxy) is 1. The Morgan fingerprint density at radius 2 is 1.65 bits per heavy atom. The van der Waals surface area contributed by atoms with Gasteiger partial charge in [0, 0.05) is 39.0 Å². The Kier molecular flexibility index (Phi) is 8.45. The van der Waals surface area contributed by atoms with Crippen molar-refractivity contribution in [2.24, 2.45) is 0 Å². The molecule has 0 unspecified atom stereocenters. The van der Waals surface area contributed by atoms with Gasteiger partial charge in [-0.1, -0.05) is 42.5 Å². The summed E-state index contributed by atoms with van der Waals surface area (Å²) in [6, 6.07) is 17.3. The summed E-state index contributed by atoms with van der Waals surface area (Å²) in [5, 5.41) is 11.9. The molecule has 37 heavy (non-hydrogen) atoms. The molecule has 0 radical (unpaired) electrons. The number of methoxy groups -OCH3 is 1. The fourth-order valence-corrected chi connectivity index (χ4v) is 4.35. The number of alkyl halides is 3. The lowest BCUT2D eigenvalue weighted by Crippen LogP contribution is -2.48. The van der Waals surface area contributed by atoms with E-state index in [1.165, 1.54) is 12.1 Å². The van der Waals surface area contributed by atoms with Crippen LogP contribution in [0.2, 0.25) is 0 Å². The van der Waals surface area contributed by atoms with Gasteiger partial charge < -0.3 is 20.1 Å². The van der Waals surface area contributed by atoms with Crippen LogP contribution in [0.1, 0.15) is 36.0 Å². The number of carbonyl (C=O) groups is 1. The van der Waals surface area contributed by atoms with E-state index in [4.69, 9.17) is 9.84 Å². The predicted octanol–water partition coefficient (Wildman–Crippen LogP) is 5.52. The molecule has 1 heterocycles. The highest BCUT2D eigenvalue weighted by Crippen LogP contribution is 2.33. The van der Waals surface area contributed by atoms with Crippen molar-refractivity contribution in [1.29, 1.82) is 0 Å². The monoisotopic (exact) mass is 513 g/mol. The minimum atomic E-state index is -4.35. The number of carboxylic acids is 1. The Morgan fingerprint density at radius 1 is 1.03 bits per heavy atom. The molecule has 2 aromatic carbocycles. The lowest BCUT2D eigenvalue weighted by atomic mass is 9.87. The average Bonchev–Trinajstić information content (AvgIpc) is 2.86. The molecular formula is C28H30F3N3O3. The van der Waals surface area contributed by atoms with Crippen molar-refractivity contribution in [3.8, 4) is 11.1 Å². The minimum absolute atomic E-state index is 0.0687. The third-order valence-electron chi connectivity index (χ3n) is 6.64. The van der Waals surface area contributed by atoms with Crippen molar-refractivity contribution < 1.29 is 27.8 Å². The van der Waals surface area contributed by atoms with Gasteiger partial charge in [0.25, 0.3) is 0 Å². The summed E-state index contributed by atoms with van der Waals surface area (Å²) < 4.78 is 44.1. The second-order valence-corrected chi connectivity index (χ2v) is 9.23. The van der Waals surface area contributed by atoms with Gasteiger partial charge in [0.2, 0.25) is 0 Å². The van der Waals surface area contributed by atoms with E-state index in [0.717, 1.165) is 53.0 Å². The van der Waals surface area contributed by atoms with Crippen molar-refractivity contribution in [3.63, 3.8) is 0 Å². The highest BCUT2D eigenvalue weighted by Gasteiger charge is 2.34. The van der Waals surface area contributed by atoms with E-state index in [0.29, 0.717) is 19.6 Å². The maximum atomic E-state index is 12.9. The zero-order valence-electron chi connectivity index (χ0n) is 20.5. The van der Waals surface area contributed by atoms with Crippen LogP contribution >= 0.6 is 0 Å². The van der Waals surface area contributed by atoms with E-state index in [-0.39, 0.29) is 18.6 Å². The number of anilines is 1. The van der Waals surface area contributed by atoms with Crippen LogP contribution in [0, 0.1) is 0 Å². The van der Waals surface area contributed by atoms with Gasteiger partial charge in [-0.05, 0) is 53.3 Å². The fraction of sp³-hybridized carbons (Fsp3) is 0.357. The number of pyridine rings is 1. The van der Waals surface area contributed by atoms with Gasteiger partial charge >= 0.3 is 12.1 Å². The van der Waals surface area contributed by atoms with Crippen LogP contribution in [-0.4, -0.2) is 41.9 Å². The molecular weight excluding hydrogens is 483 g/mol. The van der Waals surface area contributed by atoms with E-state index in [2.05, 4.69) is 15.2 Å². The van der Waals surface area contributed by atoms with Crippen LogP contribution in [0.5, 0.6) is 0 Å². The lowest BCUT2D eigenvalue weighted by Gasteiger charge is -2.43. The van der Waals surface area contributed by atoms with E-state index in [9.17, 15) is 18.0 Å². The number of hydrogen-bond donors (Lipinski definition) is 2. The Labute approximate surface area is 214 Å². The van der Waals surface area contributed by atoms with Crippen molar-refractivity contribution in [3.05, 3.63) is 83.6 Å². The van der Waals surface area contributed by atoms with Crippen LogP contribution in [0.3, 0.4) is 0 Å². The van der Waals surface area contributed by atoms with Gasteiger partial charge in [-0.2, -0.15) is 13.2 Å². The summed E-state index contributed by atoms with van der Waals surface area (Å²) in [4.78, 5) is 17.6. The van der Waals surface area contributed by atoms with E-state index >= 15 is 0 Å². The molecule has 196 valence electrons. The summed E-state index contributed by atoms with van der Waals surface area (Å²) in [5.74, 6) is 0.0134. The van der Waals surface area contributed by atoms with Gasteiger partial charge in [-0.15, -0.1) is 0 Å². The van der Waals surface area contributed by atoms with Crippen LogP contribution in [-0.2, 0) is 28.8 Å². The normalized spacial score (nSPS) is 17.3. The number of aromatic nitrogens is 1. The SMILES string of the molecule is COC1CC(N(Cc2ccc(-c3ccc(C(F)(F)F)cc3)cc2)c2ccc(CNCCC(=O)O)cn2)C1. The standard InChI is InChI=1S/C28H30F3N3O3/c1-37-25-14-24(15-25)34(26-11-4-20(17-33-26)16-32-13-12-27(35)36)18-19-2-5-21(6-3-19)22-7-9-23(10-8-22)28(29,30)31/h2-11,17,24-25,32H,12-16,18H2,1H3,(H,35,36). The maximum Gasteiger partial charge on any atom is 0.416 e. The Balaban J connectivity index is 1.44. The maximum absolute atomic E-state index is 12.9. The van der Waals surface area contributed by atoms with Crippen LogP contribution in [0.25, 0.3) is 11.1 Å². The highest BCUT2D eigenvalue weighted by molar-refractivity contribution is 5.66. The number of halogens is 3. The molecule has 0 saturated heterocycles. The largest absolute Gasteiger partial charge is 0.481 e. The molecule has 1 aliphatic rings. The molecule has 2 N–H and O–H groups in total. The third-order valence-corrected chi connectivity index (χ3v) is 6.64. The molecule has 9 heteroatoms. The number of nitrogens with zero attached hydrogens (tertiary/aromatic N) is 2. The molecule has 6 nitrogen and oxygen atoms in total. The first kappa shape index (κ1) is 26.6. The molecule has 1 aliphatic carbocycles. The van der Waals surface area contributed by atoms with Crippen LogP contribution in [0.15, 0.2) is 66.9 Å². The Hall–Kier alpha value is -3.43. The number of benzene rings is 2. The van der Waals surface area contributed by atoms with Gasteiger partial charge in [0.15, 0.2) is 0 Å². The van der Waals surface area contributed by atoms with Gasteiger partial charge in [-0.3, -0.25) is 4.79 Å². The molecule has 1 saturated carbocycles. The van der Waals surface area contributed by atoms with Crippen molar-refractivity contribution in [1.82, 2.24) is 10.3 Å². The summed E-state index contributed by atoms with van der Waals surface area (Å²) in [6.07, 6.45) is -0.443. The Morgan fingerprint density at radius 3 is 2.19 bits per heavy atom. The molecule has 0 bridgehead atoms. The number of hydrogen-bond acceptors (Lipinski definition) is 5. The topological polar surface area (TPSA) is 74.7 Å². The van der Waals surface area contributed by atoms with E-state index in [1.807, 2.05) is 36.4 Å². The van der Waals surface area contributed by atoms with E-state index < -0.39 is 17.7 Å². The molecule has 4 rings (SSSR count). The van der Waals surface area contributed by atoms with Crippen LogP contribution < -0.4 is 10.2 Å². The summed E-state index contributed by atoms with van der Waals surface area (Å²) in [7, 11) is 1.72. The third kappa shape index (κ3) is 7.08. The first-order valence-electron chi connectivity index (χ1n) is 12.2. The summed E-state index contributed by atoms with van der Waals surface area (Å²) in [6.45, 7) is 1.57. The van der Waals surface area contributed by atoms with Crippen molar-refractivity contribution in [2.75, 3.05) is 18.6 Å². The molecule has 0 amide bonds. The molecule has 0 aliphatic heterocycles. The number of aliphatic carboxylic acids is 1. The first-order valence-corrected chi connectivity index (χ1v) is 12.2. The van der Waals surface area contributed by atoms with Gasteiger partial charge in [-0.25, -0.2) is 4.98 Å². The molecule has 3 aromatic rings. The molecule has 1 fully saturated rings. The predicted molar refractivity (Wildman–Crippen MR) is 135 cm³/mol. The summed E-state index contributed by atoms with van der Waals surface area (Å²) in [5.41, 5.74) is 2.96. The van der Waals surface area contributed by atoms with E-state index in [1.54, 1.807) is 13.3 Å². The first-order chi connectivity index (χ1) is 17.7. The molecule has 0 atom stereocenters. The van der Waals surface area contributed by atoms with Crippen LogP contribution in [0.4, 0.5) is 19.0 Å². The second-order valence-electron chi connectivity index (χ2n) is 9.23. The second kappa shape index (κ2) is 11.7. The van der Waals surface area contributed by atoms with Gasteiger partial charge in [0.05, 0.1) is 18.1 Å². The zero-order chi connectivity index (χ0) is 26.4. The molecule has 1 aromatic heterocycles. The number of nitrogens with one attached hydrogen (secondary N) is 1. The van der Waals surface area contributed by atoms with Crippen molar-refractivity contribution in [2.45, 2.75) is 50.7 Å². The number of carboxylic acid groups (broad SMARTS) is 1. The smallest absolute Gasteiger partial charge is 0.416 e. The highest BCUT2D eigenvalue weighted by atomic mass is 19.4. The Bertz CT molecular complexity index is 1160. The lowest BCUT2D eigenvalue weighted by molar-refractivity contribution is -0.138. The number of rotatable bonds is 11. The van der Waals surface area contributed by atoms with Crippen molar-refractivity contribution >= 4 is 11.8 Å². The van der Waals surface area contributed by atoms with Gasteiger partial charge in [0.1, 0.15) is 5.82 Å². The molecule has 0 spiro atoms.